The van der Waals surface area contributed by atoms with Gasteiger partial charge in [-0.25, -0.2) is 13.8 Å². The predicted molar refractivity (Wildman–Crippen MR) is 67.3 cm³/mol. The number of pyridine rings is 1. The average Bonchev–Trinajstić information content (AvgIpc) is 2.22. The molecule has 94 valence electrons. The van der Waals surface area contributed by atoms with Crippen molar-refractivity contribution in [3.05, 3.63) is 26.0 Å². The first-order chi connectivity index (χ1) is 7.95. The molecule has 0 aliphatic heterocycles. The van der Waals surface area contributed by atoms with Crippen LogP contribution in [-0.2, 0) is 16.0 Å². The third-order valence-electron chi connectivity index (χ3n) is 1.88. The van der Waals surface area contributed by atoms with Gasteiger partial charge in [-0.1, -0.05) is 11.6 Å². The van der Waals surface area contributed by atoms with E-state index in [0.717, 1.165) is 0 Å². The summed E-state index contributed by atoms with van der Waals surface area (Å²) in [6, 6.07) is 1.23. The summed E-state index contributed by atoms with van der Waals surface area (Å²) in [7, 11) is 0. The zero-order valence-electron chi connectivity index (χ0n) is 8.84. The minimum absolute atomic E-state index is 0.0741. The predicted octanol–water partition coefficient (Wildman–Crippen LogP) is 3.38. The first-order valence-electron chi connectivity index (χ1n) is 4.74. The van der Waals surface area contributed by atoms with Gasteiger partial charge in [0.15, 0.2) is 0 Å². The van der Waals surface area contributed by atoms with Gasteiger partial charge < -0.3 is 4.74 Å². The molecule has 0 amide bonds. The van der Waals surface area contributed by atoms with Gasteiger partial charge in [-0.3, -0.25) is 4.79 Å². The standard InChI is InChI=1S/C10H9ClF2INO2/c1-2-17-8(16)4-7-6(14)3-5(10(12)13)9(11)15-7/h3,10H,2,4H2,1H3. The Morgan fingerprint density at radius 3 is 2.82 bits per heavy atom. The van der Waals surface area contributed by atoms with Crippen molar-refractivity contribution in [3.63, 3.8) is 0 Å². The number of nitrogens with zero attached hydrogens (tertiary/aromatic N) is 1. The molecule has 0 atom stereocenters. The third-order valence-corrected chi connectivity index (χ3v) is 3.12. The second-order valence-electron chi connectivity index (χ2n) is 3.08. The van der Waals surface area contributed by atoms with E-state index < -0.39 is 12.4 Å². The van der Waals surface area contributed by atoms with Crippen molar-refractivity contribution in [2.45, 2.75) is 19.8 Å². The van der Waals surface area contributed by atoms with Crippen molar-refractivity contribution in [2.24, 2.45) is 0 Å². The summed E-state index contributed by atoms with van der Waals surface area (Å²) < 4.78 is 30.2. The van der Waals surface area contributed by atoms with E-state index in [4.69, 9.17) is 16.3 Å². The van der Waals surface area contributed by atoms with Gasteiger partial charge in [0.25, 0.3) is 6.43 Å². The topological polar surface area (TPSA) is 39.2 Å². The van der Waals surface area contributed by atoms with E-state index in [0.29, 0.717) is 9.26 Å². The van der Waals surface area contributed by atoms with E-state index in [1.165, 1.54) is 6.07 Å². The van der Waals surface area contributed by atoms with Gasteiger partial charge >= 0.3 is 5.97 Å². The second-order valence-corrected chi connectivity index (χ2v) is 4.60. The molecule has 0 fully saturated rings. The SMILES string of the molecule is CCOC(=O)Cc1nc(Cl)c(C(F)F)cc1I. The summed E-state index contributed by atoms with van der Waals surface area (Å²) in [5.41, 5.74) is 0.0159. The second kappa shape index (κ2) is 6.44. The van der Waals surface area contributed by atoms with E-state index >= 15 is 0 Å². The maximum absolute atomic E-state index is 12.5. The van der Waals surface area contributed by atoms with Gasteiger partial charge in [0.1, 0.15) is 5.15 Å². The van der Waals surface area contributed by atoms with Gasteiger partial charge in [0, 0.05) is 3.57 Å². The number of carbonyl (C=O) groups excluding carboxylic acids is 1. The van der Waals surface area contributed by atoms with E-state index in [1.807, 2.05) is 22.6 Å². The number of carbonyl (C=O) groups is 1. The molecule has 0 aliphatic carbocycles. The van der Waals surface area contributed by atoms with Crippen LogP contribution >= 0.6 is 34.2 Å². The fourth-order valence-corrected chi connectivity index (χ4v) is 2.03. The fourth-order valence-electron chi connectivity index (χ4n) is 1.14. The van der Waals surface area contributed by atoms with Crippen LogP contribution in [0.15, 0.2) is 6.07 Å². The van der Waals surface area contributed by atoms with Crippen LogP contribution in [0.25, 0.3) is 0 Å². The average molecular weight is 376 g/mol. The zero-order valence-corrected chi connectivity index (χ0v) is 11.8. The van der Waals surface area contributed by atoms with Crippen LogP contribution in [0, 0.1) is 3.57 Å². The Kier molecular flexibility index (Phi) is 5.51. The van der Waals surface area contributed by atoms with Crippen molar-refractivity contribution in [1.29, 1.82) is 0 Å². The Balaban J connectivity index is 2.95. The molecule has 0 aromatic carbocycles. The molecule has 0 radical (unpaired) electrons. The molecule has 7 heteroatoms. The van der Waals surface area contributed by atoms with Crippen LogP contribution in [0.2, 0.25) is 5.15 Å². The minimum Gasteiger partial charge on any atom is -0.466 e. The summed E-state index contributed by atoms with van der Waals surface area (Å²) in [6.45, 7) is 1.95. The molecule has 1 rings (SSSR count). The fraction of sp³-hybridized carbons (Fsp3) is 0.400. The van der Waals surface area contributed by atoms with Gasteiger partial charge in [0.05, 0.1) is 24.3 Å². The van der Waals surface area contributed by atoms with Gasteiger partial charge in [-0.2, -0.15) is 0 Å². The molecular weight excluding hydrogens is 366 g/mol. The number of ether oxygens (including phenoxy) is 1. The van der Waals surface area contributed by atoms with Crippen LogP contribution in [0.3, 0.4) is 0 Å². The number of alkyl halides is 2. The van der Waals surface area contributed by atoms with Gasteiger partial charge in [-0.05, 0) is 35.6 Å². The quantitative estimate of drug-likeness (QED) is 0.460. The number of rotatable bonds is 4. The van der Waals surface area contributed by atoms with Crippen LogP contribution in [0.1, 0.15) is 24.6 Å². The van der Waals surface area contributed by atoms with E-state index in [1.54, 1.807) is 6.92 Å². The molecule has 0 N–H and O–H groups in total. The zero-order chi connectivity index (χ0) is 13.0. The van der Waals surface area contributed by atoms with Crippen LogP contribution < -0.4 is 0 Å². The van der Waals surface area contributed by atoms with Gasteiger partial charge in [-0.15, -0.1) is 0 Å². The largest absolute Gasteiger partial charge is 0.466 e. The molecular formula is C10H9ClF2INO2. The third kappa shape index (κ3) is 4.02. The molecule has 1 aromatic heterocycles. The summed E-state index contributed by atoms with van der Waals surface area (Å²) >= 11 is 7.45. The van der Waals surface area contributed by atoms with Crippen LogP contribution in [0.5, 0.6) is 0 Å². The van der Waals surface area contributed by atoms with Crippen molar-refractivity contribution in [2.75, 3.05) is 6.61 Å². The lowest BCUT2D eigenvalue weighted by molar-refractivity contribution is -0.142. The monoisotopic (exact) mass is 375 g/mol. The minimum atomic E-state index is -2.68. The normalized spacial score (nSPS) is 10.7. The lowest BCUT2D eigenvalue weighted by atomic mass is 10.2. The number of hydrogen-bond acceptors (Lipinski definition) is 3. The molecule has 0 unspecified atom stereocenters. The molecule has 1 aromatic rings. The van der Waals surface area contributed by atoms with Crippen molar-refractivity contribution < 1.29 is 18.3 Å². The highest BCUT2D eigenvalue weighted by molar-refractivity contribution is 14.1. The number of hydrogen-bond donors (Lipinski definition) is 0. The summed E-state index contributed by atoms with van der Waals surface area (Å²) in [5.74, 6) is -0.459. The first-order valence-corrected chi connectivity index (χ1v) is 6.20. The Morgan fingerprint density at radius 1 is 1.65 bits per heavy atom. The lowest BCUT2D eigenvalue weighted by Gasteiger charge is -2.08. The molecule has 3 nitrogen and oxygen atoms in total. The van der Waals surface area contributed by atoms with Gasteiger partial charge in [0.2, 0.25) is 0 Å². The number of esters is 1. The van der Waals surface area contributed by atoms with Crippen LogP contribution in [0.4, 0.5) is 8.78 Å². The summed E-state index contributed by atoms with van der Waals surface area (Å²) in [6.07, 6.45) is -2.75. The van der Waals surface area contributed by atoms with Crippen molar-refractivity contribution in [1.82, 2.24) is 4.98 Å². The molecule has 17 heavy (non-hydrogen) atoms. The maximum atomic E-state index is 12.5. The Labute approximate surface area is 116 Å². The molecule has 0 spiro atoms. The highest BCUT2D eigenvalue weighted by atomic mass is 127. The summed E-state index contributed by atoms with van der Waals surface area (Å²) in [4.78, 5) is 15.0. The van der Waals surface area contributed by atoms with E-state index in [2.05, 4.69) is 4.98 Å². The van der Waals surface area contributed by atoms with E-state index in [-0.39, 0.29) is 23.7 Å². The molecule has 0 saturated heterocycles. The summed E-state index contributed by atoms with van der Waals surface area (Å²) in [5, 5.41) is -0.278. The molecule has 0 saturated carbocycles. The Morgan fingerprint density at radius 2 is 2.29 bits per heavy atom. The maximum Gasteiger partial charge on any atom is 0.311 e. The Hall–Kier alpha value is -0.500. The van der Waals surface area contributed by atoms with Crippen molar-refractivity contribution >= 4 is 40.2 Å². The number of halogens is 4. The first kappa shape index (κ1) is 14.6. The number of aromatic nitrogens is 1. The van der Waals surface area contributed by atoms with Crippen molar-refractivity contribution in [3.8, 4) is 0 Å². The smallest absolute Gasteiger partial charge is 0.311 e. The molecule has 0 bridgehead atoms. The van der Waals surface area contributed by atoms with Crippen LogP contribution in [-0.4, -0.2) is 17.6 Å². The highest BCUT2D eigenvalue weighted by Crippen LogP contribution is 2.28. The Bertz CT molecular complexity index is 429. The molecule has 1 heterocycles. The van der Waals surface area contributed by atoms with E-state index in [9.17, 15) is 13.6 Å². The highest BCUT2D eigenvalue weighted by Gasteiger charge is 2.18. The molecule has 0 aliphatic rings. The lowest BCUT2D eigenvalue weighted by Crippen LogP contribution is -2.10.